The van der Waals surface area contributed by atoms with E-state index in [0.29, 0.717) is 0 Å². The third-order valence-electron chi connectivity index (χ3n) is 1.96. The number of aromatic nitrogens is 2. The minimum atomic E-state index is -2.08. The van der Waals surface area contributed by atoms with Crippen LogP contribution in [0.4, 0.5) is 0 Å². The van der Waals surface area contributed by atoms with E-state index in [9.17, 15) is 4.57 Å². The van der Waals surface area contributed by atoms with Crippen LogP contribution in [0.5, 0.6) is 0 Å². The Morgan fingerprint density at radius 1 is 0.812 bits per heavy atom. The molecular formula is C10H12N2O3P+. The van der Waals surface area contributed by atoms with Crippen LogP contribution in [-0.4, -0.2) is 9.13 Å². The Labute approximate surface area is 94.2 Å². The van der Waals surface area contributed by atoms with Gasteiger partial charge in [0, 0.05) is 29.4 Å². The van der Waals surface area contributed by atoms with Crippen molar-refractivity contribution in [2.24, 2.45) is 0 Å². The van der Waals surface area contributed by atoms with Gasteiger partial charge >= 0.3 is 8.25 Å². The van der Waals surface area contributed by atoms with E-state index in [1.807, 2.05) is 49.1 Å². The monoisotopic (exact) mass is 239 g/mol. The molecule has 2 aromatic heterocycles. The second-order valence-electron chi connectivity index (χ2n) is 3.13. The molecule has 0 bridgehead atoms. The fourth-order valence-corrected chi connectivity index (χ4v) is 1.71. The summed E-state index contributed by atoms with van der Waals surface area (Å²) in [7, 11) is -2.08. The lowest BCUT2D eigenvalue weighted by Gasteiger charge is -1.96. The highest BCUT2D eigenvalue weighted by atomic mass is 31.1. The second kappa shape index (κ2) is 5.61. The molecule has 0 aliphatic heterocycles. The molecular weight excluding hydrogens is 227 g/mol. The van der Waals surface area contributed by atoms with E-state index < -0.39 is 8.25 Å². The Hall–Kier alpha value is -1.42. The topological polar surface area (TPSA) is 45.4 Å². The summed E-state index contributed by atoms with van der Waals surface area (Å²) in [5.74, 6) is 0. The van der Waals surface area contributed by atoms with Crippen molar-refractivity contribution in [1.29, 1.82) is 0 Å². The van der Waals surface area contributed by atoms with Crippen LogP contribution in [0.25, 0.3) is 0 Å². The summed E-state index contributed by atoms with van der Waals surface area (Å²) in [4.78, 5) is 0. The van der Waals surface area contributed by atoms with E-state index in [4.69, 9.17) is 9.05 Å². The predicted molar refractivity (Wildman–Crippen MR) is 58.6 cm³/mol. The van der Waals surface area contributed by atoms with Gasteiger partial charge in [-0.2, -0.15) is 0 Å². The van der Waals surface area contributed by atoms with E-state index in [-0.39, 0.29) is 13.5 Å². The highest BCUT2D eigenvalue weighted by Crippen LogP contribution is 2.24. The third-order valence-corrected chi connectivity index (χ3v) is 2.61. The van der Waals surface area contributed by atoms with Gasteiger partial charge in [0.1, 0.15) is 0 Å². The first-order chi connectivity index (χ1) is 7.84. The molecule has 0 aliphatic carbocycles. The number of nitrogens with zero attached hydrogens (tertiary/aromatic N) is 2. The van der Waals surface area contributed by atoms with Gasteiger partial charge in [0.05, 0.1) is 0 Å². The van der Waals surface area contributed by atoms with Crippen LogP contribution < -0.4 is 0 Å². The van der Waals surface area contributed by atoms with Crippen LogP contribution in [0, 0.1) is 0 Å². The fraction of sp³-hybridized carbons (Fsp3) is 0.200. The maximum atomic E-state index is 11.3. The van der Waals surface area contributed by atoms with Crippen molar-refractivity contribution in [3.63, 3.8) is 0 Å². The summed E-state index contributed by atoms with van der Waals surface area (Å²) >= 11 is 0. The Balaban J connectivity index is 1.69. The lowest BCUT2D eigenvalue weighted by Crippen LogP contribution is -1.98. The summed E-state index contributed by atoms with van der Waals surface area (Å²) in [5, 5.41) is 0. The molecule has 0 saturated heterocycles. The van der Waals surface area contributed by atoms with E-state index in [2.05, 4.69) is 0 Å². The molecule has 0 aliphatic rings. The highest BCUT2D eigenvalue weighted by Gasteiger charge is 2.20. The van der Waals surface area contributed by atoms with Gasteiger partial charge in [0.25, 0.3) is 0 Å². The molecule has 0 radical (unpaired) electrons. The van der Waals surface area contributed by atoms with Crippen LogP contribution in [0.1, 0.15) is 0 Å². The molecule has 84 valence electrons. The average Bonchev–Trinajstić information content (AvgIpc) is 2.96. The molecule has 0 saturated carbocycles. The van der Waals surface area contributed by atoms with E-state index in [1.54, 1.807) is 9.13 Å². The molecule has 6 heteroatoms. The molecule has 0 amide bonds. The number of hydrogen-bond acceptors (Lipinski definition) is 3. The van der Waals surface area contributed by atoms with Gasteiger partial charge in [-0.15, -0.1) is 0 Å². The molecule has 2 heterocycles. The molecule has 16 heavy (non-hydrogen) atoms. The average molecular weight is 239 g/mol. The third kappa shape index (κ3) is 3.31. The van der Waals surface area contributed by atoms with Gasteiger partial charge in [-0.3, -0.25) is 0 Å². The SMILES string of the molecule is O=[P+](OCn1cccc1)OCn1cccc1. The van der Waals surface area contributed by atoms with Crippen molar-refractivity contribution in [2.75, 3.05) is 0 Å². The molecule has 2 aromatic rings. The van der Waals surface area contributed by atoms with Crippen LogP contribution in [0.15, 0.2) is 49.1 Å². The van der Waals surface area contributed by atoms with Crippen LogP contribution >= 0.6 is 8.25 Å². The van der Waals surface area contributed by atoms with Gasteiger partial charge < -0.3 is 9.13 Å². The zero-order chi connectivity index (χ0) is 11.2. The standard InChI is InChI=1S/C10H12N2O3P/c13-16(14-9-11-5-1-2-6-11)15-10-12-7-3-4-8-12/h1-8H,9-10H2/q+1. The molecule has 0 unspecified atom stereocenters. The molecule has 0 N–H and O–H groups in total. The number of hydrogen-bond donors (Lipinski definition) is 0. The van der Waals surface area contributed by atoms with Crippen molar-refractivity contribution in [2.45, 2.75) is 13.5 Å². The summed E-state index contributed by atoms with van der Waals surface area (Å²) in [6.07, 6.45) is 7.31. The first kappa shape index (κ1) is 11.1. The summed E-state index contributed by atoms with van der Waals surface area (Å²) < 4.78 is 24.9. The first-order valence-corrected chi connectivity index (χ1v) is 5.89. The predicted octanol–water partition coefficient (Wildman–Crippen LogP) is 2.60. The summed E-state index contributed by atoms with van der Waals surface area (Å²) in [5.41, 5.74) is 0. The summed E-state index contributed by atoms with van der Waals surface area (Å²) in [6.45, 7) is 0.460. The highest BCUT2D eigenvalue weighted by molar-refractivity contribution is 7.33. The molecule has 2 rings (SSSR count). The molecule has 0 fully saturated rings. The Bertz CT molecular complexity index is 385. The van der Waals surface area contributed by atoms with Crippen LogP contribution in [0.2, 0.25) is 0 Å². The maximum absolute atomic E-state index is 11.3. The zero-order valence-corrected chi connectivity index (χ0v) is 9.49. The van der Waals surface area contributed by atoms with Crippen molar-refractivity contribution in [3.05, 3.63) is 49.1 Å². The summed E-state index contributed by atoms with van der Waals surface area (Å²) in [6, 6.07) is 7.49. The normalized spacial score (nSPS) is 10.5. The van der Waals surface area contributed by atoms with Gasteiger partial charge in [-0.25, -0.2) is 0 Å². The van der Waals surface area contributed by atoms with E-state index in [1.165, 1.54) is 0 Å². The maximum Gasteiger partial charge on any atom is 0.701 e. The minimum absolute atomic E-state index is 0.230. The largest absolute Gasteiger partial charge is 0.701 e. The smallest absolute Gasteiger partial charge is 0.327 e. The minimum Gasteiger partial charge on any atom is -0.327 e. The first-order valence-electron chi connectivity index (χ1n) is 4.79. The van der Waals surface area contributed by atoms with Crippen molar-refractivity contribution < 1.29 is 13.6 Å². The van der Waals surface area contributed by atoms with Crippen LogP contribution in [-0.2, 0) is 27.1 Å². The van der Waals surface area contributed by atoms with Crippen molar-refractivity contribution >= 4 is 8.25 Å². The number of rotatable bonds is 6. The molecule has 0 aromatic carbocycles. The Kier molecular flexibility index (Phi) is 3.88. The van der Waals surface area contributed by atoms with Crippen LogP contribution in [0.3, 0.4) is 0 Å². The quantitative estimate of drug-likeness (QED) is 0.728. The lowest BCUT2D eigenvalue weighted by atomic mass is 10.7. The fourth-order valence-electron chi connectivity index (χ4n) is 1.18. The van der Waals surface area contributed by atoms with Crippen molar-refractivity contribution in [3.8, 4) is 0 Å². The van der Waals surface area contributed by atoms with Gasteiger partial charge in [0.2, 0.25) is 0 Å². The van der Waals surface area contributed by atoms with E-state index >= 15 is 0 Å². The lowest BCUT2D eigenvalue weighted by molar-refractivity contribution is 0.157. The Morgan fingerprint density at radius 2 is 1.19 bits per heavy atom. The second-order valence-corrected chi connectivity index (χ2v) is 4.10. The molecule has 0 atom stereocenters. The van der Waals surface area contributed by atoms with Crippen molar-refractivity contribution in [1.82, 2.24) is 9.13 Å². The Morgan fingerprint density at radius 3 is 1.56 bits per heavy atom. The van der Waals surface area contributed by atoms with Gasteiger partial charge in [0.15, 0.2) is 13.5 Å². The van der Waals surface area contributed by atoms with Gasteiger partial charge in [-0.1, -0.05) is 9.05 Å². The van der Waals surface area contributed by atoms with E-state index in [0.717, 1.165) is 0 Å². The zero-order valence-electron chi connectivity index (χ0n) is 8.60. The molecule has 0 spiro atoms. The van der Waals surface area contributed by atoms with Gasteiger partial charge in [-0.05, 0) is 24.3 Å². The molecule has 5 nitrogen and oxygen atoms in total.